The molecule has 5 heteroatoms. The van der Waals surface area contributed by atoms with Gasteiger partial charge in [0.05, 0.1) is 5.88 Å². The molecule has 1 aromatic carbocycles. The van der Waals surface area contributed by atoms with Crippen LogP contribution in [0.4, 0.5) is 0 Å². The third-order valence-corrected chi connectivity index (χ3v) is 4.22. The first-order valence-corrected chi connectivity index (χ1v) is 7.88. The van der Waals surface area contributed by atoms with Gasteiger partial charge in [0.1, 0.15) is 11.4 Å². The Morgan fingerprint density at radius 1 is 1.30 bits per heavy atom. The van der Waals surface area contributed by atoms with Crippen LogP contribution in [-0.4, -0.2) is 9.38 Å². The standard InChI is InChI=1S/C15H15ClN2OS/c1-10(2)11-3-5-12(6-4-11)19-14-13(9-16)18-7-8-20-15(18)17-14/h3-8,10H,9H2,1-2H3. The zero-order valence-electron chi connectivity index (χ0n) is 11.3. The smallest absolute Gasteiger partial charge is 0.243 e. The normalized spacial score (nSPS) is 11.4. The van der Waals surface area contributed by atoms with Crippen molar-refractivity contribution in [2.24, 2.45) is 0 Å². The molecule has 3 nitrogen and oxygen atoms in total. The van der Waals surface area contributed by atoms with E-state index in [1.807, 2.05) is 28.1 Å². The molecule has 3 aromatic rings. The number of imidazole rings is 1. The highest BCUT2D eigenvalue weighted by Gasteiger charge is 2.14. The molecule has 0 aliphatic rings. The van der Waals surface area contributed by atoms with Crippen molar-refractivity contribution in [1.29, 1.82) is 0 Å². The molecule has 0 bridgehead atoms. The van der Waals surface area contributed by atoms with Crippen LogP contribution in [0.5, 0.6) is 11.6 Å². The van der Waals surface area contributed by atoms with Crippen molar-refractivity contribution in [1.82, 2.24) is 9.38 Å². The van der Waals surface area contributed by atoms with Crippen molar-refractivity contribution in [3.05, 3.63) is 47.1 Å². The molecule has 2 aromatic heterocycles. The van der Waals surface area contributed by atoms with Crippen LogP contribution in [0.15, 0.2) is 35.8 Å². The summed E-state index contributed by atoms with van der Waals surface area (Å²) in [7, 11) is 0. The van der Waals surface area contributed by atoms with Crippen LogP contribution in [0.2, 0.25) is 0 Å². The molecule has 2 heterocycles. The minimum absolute atomic E-state index is 0.372. The third-order valence-electron chi connectivity index (χ3n) is 3.21. The lowest BCUT2D eigenvalue weighted by Gasteiger charge is -2.07. The van der Waals surface area contributed by atoms with Gasteiger partial charge in [-0.05, 0) is 23.6 Å². The van der Waals surface area contributed by atoms with Crippen LogP contribution in [0.3, 0.4) is 0 Å². The molecule has 0 aliphatic heterocycles. The number of nitrogens with zero attached hydrogens (tertiary/aromatic N) is 2. The summed E-state index contributed by atoms with van der Waals surface area (Å²) < 4.78 is 7.84. The Hall–Kier alpha value is -1.52. The Morgan fingerprint density at radius 3 is 2.70 bits per heavy atom. The van der Waals surface area contributed by atoms with E-state index in [0.29, 0.717) is 17.7 Å². The minimum Gasteiger partial charge on any atom is -0.437 e. The molecule has 0 unspecified atom stereocenters. The van der Waals surface area contributed by atoms with Crippen molar-refractivity contribution in [2.45, 2.75) is 25.6 Å². The fourth-order valence-electron chi connectivity index (χ4n) is 2.05. The summed E-state index contributed by atoms with van der Waals surface area (Å²) in [5, 5.41) is 1.99. The zero-order chi connectivity index (χ0) is 14.1. The van der Waals surface area contributed by atoms with Gasteiger partial charge >= 0.3 is 0 Å². The highest BCUT2D eigenvalue weighted by Crippen LogP contribution is 2.29. The van der Waals surface area contributed by atoms with E-state index in [2.05, 4.69) is 31.0 Å². The summed E-state index contributed by atoms with van der Waals surface area (Å²) >= 11 is 7.57. The van der Waals surface area contributed by atoms with Crippen LogP contribution in [0.1, 0.15) is 31.0 Å². The lowest BCUT2D eigenvalue weighted by molar-refractivity contribution is 0.461. The minimum atomic E-state index is 0.372. The average molecular weight is 307 g/mol. The second-order valence-corrected chi connectivity index (χ2v) is 6.02. The SMILES string of the molecule is CC(C)c1ccc(Oc2nc3sccn3c2CCl)cc1. The topological polar surface area (TPSA) is 26.5 Å². The number of alkyl halides is 1. The highest BCUT2D eigenvalue weighted by atomic mass is 35.5. The molecule has 0 radical (unpaired) electrons. The van der Waals surface area contributed by atoms with E-state index in [1.165, 1.54) is 5.56 Å². The number of thiazole rings is 1. The number of ether oxygens (including phenoxy) is 1. The monoisotopic (exact) mass is 306 g/mol. The summed E-state index contributed by atoms with van der Waals surface area (Å²) in [4.78, 5) is 5.37. The number of halogens is 1. The molecule has 0 fully saturated rings. The van der Waals surface area contributed by atoms with E-state index in [0.717, 1.165) is 16.4 Å². The maximum absolute atomic E-state index is 6.01. The number of aromatic nitrogens is 2. The van der Waals surface area contributed by atoms with Crippen molar-refractivity contribution in [2.75, 3.05) is 0 Å². The molecular formula is C15H15ClN2OS. The first-order valence-electron chi connectivity index (χ1n) is 6.47. The molecule has 0 N–H and O–H groups in total. The number of benzene rings is 1. The first kappa shape index (κ1) is 13.5. The maximum Gasteiger partial charge on any atom is 0.243 e. The van der Waals surface area contributed by atoms with Gasteiger partial charge in [-0.2, -0.15) is 4.98 Å². The van der Waals surface area contributed by atoms with Crippen molar-refractivity contribution >= 4 is 27.9 Å². The van der Waals surface area contributed by atoms with E-state index >= 15 is 0 Å². The van der Waals surface area contributed by atoms with Crippen LogP contribution in [0, 0.1) is 0 Å². The van der Waals surface area contributed by atoms with E-state index in [9.17, 15) is 0 Å². The fraction of sp³-hybridized carbons (Fsp3) is 0.267. The molecule has 104 valence electrons. The quantitative estimate of drug-likeness (QED) is 0.630. The van der Waals surface area contributed by atoms with Gasteiger partial charge in [-0.1, -0.05) is 26.0 Å². The average Bonchev–Trinajstić information content (AvgIpc) is 2.99. The Labute approximate surface area is 126 Å². The molecule has 0 saturated heterocycles. The van der Waals surface area contributed by atoms with Crippen LogP contribution in [-0.2, 0) is 5.88 Å². The van der Waals surface area contributed by atoms with E-state index in [-0.39, 0.29) is 0 Å². The lowest BCUT2D eigenvalue weighted by atomic mass is 10.0. The molecule has 20 heavy (non-hydrogen) atoms. The van der Waals surface area contributed by atoms with Gasteiger partial charge in [-0.15, -0.1) is 22.9 Å². The Balaban J connectivity index is 1.90. The van der Waals surface area contributed by atoms with Gasteiger partial charge in [0, 0.05) is 11.6 Å². The highest BCUT2D eigenvalue weighted by molar-refractivity contribution is 7.15. The van der Waals surface area contributed by atoms with E-state index in [1.54, 1.807) is 11.3 Å². The number of fused-ring (bicyclic) bond motifs is 1. The van der Waals surface area contributed by atoms with Crippen molar-refractivity contribution in [3.8, 4) is 11.6 Å². The molecule has 3 rings (SSSR count). The lowest BCUT2D eigenvalue weighted by Crippen LogP contribution is -1.92. The number of rotatable bonds is 4. The molecular weight excluding hydrogens is 292 g/mol. The summed E-state index contributed by atoms with van der Waals surface area (Å²) in [6.45, 7) is 4.34. The van der Waals surface area contributed by atoms with E-state index < -0.39 is 0 Å². The van der Waals surface area contributed by atoms with E-state index in [4.69, 9.17) is 16.3 Å². The fourth-order valence-corrected chi connectivity index (χ4v) is 3.02. The first-order chi connectivity index (χ1) is 9.69. The summed E-state index contributed by atoms with van der Waals surface area (Å²) in [5.41, 5.74) is 2.18. The van der Waals surface area contributed by atoms with Gasteiger partial charge in [-0.25, -0.2) is 0 Å². The number of hydrogen-bond acceptors (Lipinski definition) is 3. The number of hydrogen-bond donors (Lipinski definition) is 0. The van der Waals surface area contributed by atoms with Gasteiger partial charge in [0.15, 0.2) is 4.96 Å². The van der Waals surface area contributed by atoms with Crippen LogP contribution < -0.4 is 4.74 Å². The van der Waals surface area contributed by atoms with Gasteiger partial charge < -0.3 is 4.74 Å². The summed E-state index contributed by atoms with van der Waals surface area (Å²) in [6, 6.07) is 8.11. The molecule has 0 saturated carbocycles. The second-order valence-electron chi connectivity index (χ2n) is 4.88. The Bertz CT molecular complexity index is 715. The zero-order valence-corrected chi connectivity index (χ0v) is 12.9. The van der Waals surface area contributed by atoms with Gasteiger partial charge in [0.2, 0.25) is 5.88 Å². The van der Waals surface area contributed by atoms with Crippen LogP contribution >= 0.6 is 22.9 Å². The second kappa shape index (κ2) is 5.46. The summed E-state index contributed by atoms with van der Waals surface area (Å²) in [5.74, 6) is 2.26. The molecule has 0 amide bonds. The molecule has 0 spiro atoms. The molecule has 0 atom stereocenters. The maximum atomic E-state index is 6.01. The molecule has 0 aliphatic carbocycles. The third kappa shape index (κ3) is 2.41. The summed E-state index contributed by atoms with van der Waals surface area (Å²) in [6.07, 6.45) is 1.96. The predicted molar refractivity (Wildman–Crippen MR) is 83.2 cm³/mol. The predicted octanol–water partition coefficient (Wildman–Crippen LogP) is 5.05. The van der Waals surface area contributed by atoms with Gasteiger partial charge in [0.25, 0.3) is 0 Å². The Kier molecular flexibility index (Phi) is 3.68. The van der Waals surface area contributed by atoms with Crippen molar-refractivity contribution in [3.63, 3.8) is 0 Å². The Morgan fingerprint density at radius 2 is 2.05 bits per heavy atom. The van der Waals surface area contributed by atoms with Crippen LogP contribution in [0.25, 0.3) is 4.96 Å². The largest absolute Gasteiger partial charge is 0.437 e. The van der Waals surface area contributed by atoms with Gasteiger partial charge in [-0.3, -0.25) is 4.40 Å². The van der Waals surface area contributed by atoms with Crippen molar-refractivity contribution < 1.29 is 4.74 Å².